The van der Waals surface area contributed by atoms with E-state index >= 15 is 0 Å². The molecule has 1 atom stereocenters. The Morgan fingerprint density at radius 3 is 1.73 bits per heavy atom. The van der Waals surface area contributed by atoms with Crippen LogP contribution in [0.15, 0.2) is 24.3 Å². The van der Waals surface area contributed by atoms with Crippen LogP contribution in [-0.4, -0.2) is 17.2 Å². The van der Waals surface area contributed by atoms with E-state index in [1.807, 2.05) is 6.07 Å². The van der Waals surface area contributed by atoms with Gasteiger partial charge in [-0.2, -0.15) is 5.26 Å². The molecule has 1 N–H and O–H groups in total. The molecule has 4 heteroatoms. The van der Waals surface area contributed by atoms with E-state index in [0.29, 0.717) is 17.7 Å². The van der Waals surface area contributed by atoms with Gasteiger partial charge < -0.3 is 9.84 Å². The molecule has 186 valence electrons. The smallest absolute Gasteiger partial charge is 0.340 e. The fraction of sp³-hybridized carbons (Fsp3) is 0.724. The number of hydrogen-bond acceptors (Lipinski definition) is 4. The van der Waals surface area contributed by atoms with Crippen LogP contribution >= 0.6 is 0 Å². The molecule has 33 heavy (non-hydrogen) atoms. The van der Waals surface area contributed by atoms with E-state index in [-0.39, 0.29) is 0 Å². The van der Waals surface area contributed by atoms with E-state index in [2.05, 4.69) is 6.92 Å². The molecule has 0 aromatic heterocycles. The van der Waals surface area contributed by atoms with Crippen LogP contribution in [0.25, 0.3) is 0 Å². The Bertz CT molecular complexity index is 653. The molecule has 0 fully saturated rings. The van der Waals surface area contributed by atoms with Crippen molar-refractivity contribution in [1.82, 2.24) is 0 Å². The lowest BCUT2D eigenvalue weighted by atomic mass is 10.0. The highest BCUT2D eigenvalue weighted by molar-refractivity contribution is 5.76. The molecule has 0 radical (unpaired) electrons. The first-order chi connectivity index (χ1) is 16.2. The molecule has 0 saturated carbocycles. The third kappa shape index (κ3) is 16.4. The summed E-state index contributed by atoms with van der Waals surface area (Å²) in [5, 5.41) is 18.9. The Morgan fingerprint density at radius 1 is 0.818 bits per heavy atom. The predicted molar refractivity (Wildman–Crippen MR) is 136 cm³/mol. The minimum atomic E-state index is -1.10. The molecule has 0 heterocycles. The lowest BCUT2D eigenvalue weighted by Gasteiger charge is -2.10. The van der Waals surface area contributed by atoms with Crippen LogP contribution in [0.1, 0.15) is 134 Å². The molecular weight excluding hydrogens is 410 g/mol. The standard InChI is InChI=1S/C29H47NO3/c1-2-3-4-5-6-7-8-9-10-11-12-13-14-15-16-17-18-19-23-28(31)29(32)33-27-22-20-21-26(24-27)25-30/h20-22,24,28,31H,2-19,23H2,1H3/t28-/m1/s1. The molecule has 0 aliphatic carbocycles. The lowest BCUT2D eigenvalue weighted by Crippen LogP contribution is -2.25. The summed E-state index contributed by atoms with van der Waals surface area (Å²) in [5.74, 6) is -0.340. The van der Waals surface area contributed by atoms with Gasteiger partial charge in [-0.3, -0.25) is 0 Å². The lowest BCUT2D eigenvalue weighted by molar-refractivity contribution is -0.144. The second-order valence-electron chi connectivity index (χ2n) is 9.38. The van der Waals surface area contributed by atoms with Gasteiger partial charge in [-0.15, -0.1) is 0 Å². The molecule has 0 spiro atoms. The average molecular weight is 458 g/mol. The summed E-state index contributed by atoms with van der Waals surface area (Å²) in [7, 11) is 0. The van der Waals surface area contributed by atoms with Crippen LogP contribution in [0.3, 0.4) is 0 Å². The maximum atomic E-state index is 12.0. The van der Waals surface area contributed by atoms with Crippen molar-refractivity contribution in [3.63, 3.8) is 0 Å². The molecule has 0 aliphatic heterocycles. The molecule has 1 aromatic rings. The second kappa shape index (κ2) is 20.7. The average Bonchev–Trinajstić information content (AvgIpc) is 2.83. The Labute approximate surface area is 202 Å². The van der Waals surface area contributed by atoms with Crippen molar-refractivity contribution >= 4 is 5.97 Å². The zero-order chi connectivity index (χ0) is 24.0. The second-order valence-corrected chi connectivity index (χ2v) is 9.38. The van der Waals surface area contributed by atoms with E-state index < -0.39 is 12.1 Å². The van der Waals surface area contributed by atoms with Crippen molar-refractivity contribution < 1.29 is 14.6 Å². The van der Waals surface area contributed by atoms with Gasteiger partial charge in [0.05, 0.1) is 11.6 Å². The third-order valence-corrected chi connectivity index (χ3v) is 6.28. The maximum Gasteiger partial charge on any atom is 0.340 e. The normalized spacial score (nSPS) is 11.8. The number of carbonyl (C=O) groups excluding carboxylic acids is 1. The number of unbranched alkanes of at least 4 members (excludes halogenated alkanes) is 17. The minimum Gasteiger partial charge on any atom is -0.425 e. The summed E-state index contributed by atoms with van der Waals surface area (Å²) < 4.78 is 5.17. The number of hydrogen-bond donors (Lipinski definition) is 1. The Balaban J connectivity index is 1.86. The van der Waals surface area contributed by atoms with E-state index in [9.17, 15) is 9.90 Å². The monoisotopic (exact) mass is 457 g/mol. The molecule has 1 aromatic carbocycles. The summed E-state index contributed by atoms with van der Waals surface area (Å²) in [4.78, 5) is 12.0. The molecule has 0 bridgehead atoms. The number of esters is 1. The summed E-state index contributed by atoms with van der Waals surface area (Å²) in [6, 6.07) is 8.42. The number of rotatable bonds is 21. The van der Waals surface area contributed by atoms with Crippen molar-refractivity contribution in [3.05, 3.63) is 29.8 Å². The first kappa shape index (κ1) is 29.2. The zero-order valence-corrected chi connectivity index (χ0v) is 21.0. The van der Waals surface area contributed by atoms with E-state index in [1.165, 1.54) is 102 Å². The van der Waals surface area contributed by atoms with Gasteiger partial charge in [0.25, 0.3) is 0 Å². The van der Waals surface area contributed by atoms with Crippen LogP contribution in [0, 0.1) is 11.3 Å². The number of carbonyl (C=O) groups is 1. The first-order valence-corrected chi connectivity index (χ1v) is 13.6. The highest BCUT2D eigenvalue weighted by atomic mass is 16.5. The van der Waals surface area contributed by atoms with Gasteiger partial charge in [-0.05, 0) is 24.6 Å². The first-order valence-electron chi connectivity index (χ1n) is 13.6. The number of ether oxygens (including phenoxy) is 1. The van der Waals surface area contributed by atoms with Crippen LogP contribution in [0.5, 0.6) is 5.75 Å². The van der Waals surface area contributed by atoms with E-state index in [1.54, 1.807) is 18.2 Å². The van der Waals surface area contributed by atoms with Gasteiger partial charge in [0.15, 0.2) is 6.10 Å². The summed E-state index contributed by atoms with van der Waals surface area (Å²) in [6.07, 6.45) is 23.0. The fourth-order valence-electron chi connectivity index (χ4n) is 4.17. The van der Waals surface area contributed by atoms with Gasteiger partial charge in [0.1, 0.15) is 5.75 Å². The fourth-order valence-corrected chi connectivity index (χ4v) is 4.17. The van der Waals surface area contributed by atoms with Crippen LogP contribution in [-0.2, 0) is 4.79 Å². The van der Waals surface area contributed by atoms with Crippen LogP contribution in [0.4, 0.5) is 0 Å². The van der Waals surface area contributed by atoms with Crippen molar-refractivity contribution in [2.45, 2.75) is 135 Å². The third-order valence-electron chi connectivity index (χ3n) is 6.28. The molecule has 1 rings (SSSR count). The van der Waals surface area contributed by atoms with Gasteiger partial charge in [0, 0.05) is 0 Å². The minimum absolute atomic E-state index is 0.302. The molecule has 0 unspecified atom stereocenters. The Hall–Kier alpha value is -1.86. The number of nitriles is 1. The predicted octanol–water partition coefficient (Wildman–Crippen LogP) is 8.26. The largest absolute Gasteiger partial charge is 0.425 e. The van der Waals surface area contributed by atoms with E-state index in [0.717, 1.165) is 19.3 Å². The molecular formula is C29H47NO3. The summed E-state index contributed by atoms with van der Waals surface area (Å²) in [5.41, 5.74) is 0.429. The van der Waals surface area contributed by atoms with Crippen LogP contribution < -0.4 is 4.74 Å². The Morgan fingerprint density at radius 2 is 1.27 bits per heavy atom. The number of aliphatic hydroxyl groups is 1. The number of benzene rings is 1. The Kier molecular flexibility index (Phi) is 18.3. The van der Waals surface area contributed by atoms with Gasteiger partial charge >= 0.3 is 5.97 Å². The highest BCUT2D eigenvalue weighted by Crippen LogP contribution is 2.16. The quantitative estimate of drug-likeness (QED) is 0.115. The van der Waals surface area contributed by atoms with Gasteiger partial charge in [-0.25, -0.2) is 4.79 Å². The van der Waals surface area contributed by atoms with Crippen molar-refractivity contribution in [3.8, 4) is 11.8 Å². The van der Waals surface area contributed by atoms with Crippen LogP contribution in [0.2, 0.25) is 0 Å². The van der Waals surface area contributed by atoms with Gasteiger partial charge in [0.2, 0.25) is 0 Å². The SMILES string of the molecule is CCCCCCCCCCCCCCCCCCCC[C@@H](O)C(=O)Oc1cccc(C#N)c1. The van der Waals surface area contributed by atoms with Crippen molar-refractivity contribution in [1.29, 1.82) is 5.26 Å². The van der Waals surface area contributed by atoms with E-state index in [4.69, 9.17) is 10.00 Å². The van der Waals surface area contributed by atoms with Crippen molar-refractivity contribution in [2.24, 2.45) is 0 Å². The summed E-state index contributed by atoms with van der Waals surface area (Å²) in [6.45, 7) is 2.28. The summed E-state index contributed by atoms with van der Waals surface area (Å²) >= 11 is 0. The molecule has 0 amide bonds. The maximum absolute atomic E-state index is 12.0. The molecule has 0 aliphatic rings. The number of nitrogens with zero attached hydrogens (tertiary/aromatic N) is 1. The highest BCUT2D eigenvalue weighted by Gasteiger charge is 2.17. The van der Waals surface area contributed by atoms with Gasteiger partial charge in [-0.1, -0.05) is 129 Å². The number of aliphatic hydroxyl groups excluding tert-OH is 1. The zero-order valence-electron chi connectivity index (χ0n) is 21.0. The molecule has 4 nitrogen and oxygen atoms in total. The molecule has 0 saturated heterocycles. The topological polar surface area (TPSA) is 70.3 Å². The van der Waals surface area contributed by atoms with Crippen molar-refractivity contribution in [2.75, 3.05) is 0 Å².